The molecule has 0 radical (unpaired) electrons. The highest BCUT2D eigenvalue weighted by atomic mass is 19.4. The number of pyridine rings is 2. The molecular weight excluding hydrogens is 461 g/mol. The van der Waals surface area contributed by atoms with Gasteiger partial charge in [-0.05, 0) is 47.9 Å². The summed E-state index contributed by atoms with van der Waals surface area (Å²) < 4.78 is 80.4. The van der Waals surface area contributed by atoms with Crippen molar-refractivity contribution in [2.24, 2.45) is 0 Å². The maximum atomic E-state index is 14.5. The molecule has 0 saturated heterocycles. The van der Waals surface area contributed by atoms with E-state index in [4.69, 9.17) is 9.15 Å². The Morgan fingerprint density at radius 1 is 1.00 bits per heavy atom. The van der Waals surface area contributed by atoms with Crippen LogP contribution in [0, 0.1) is 6.92 Å². The van der Waals surface area contributed by atoms with Gasteiger partial charge in [-0.15, -0.1) is 10.2 Å². The lowest BCUT2D eigenvalue weighted by molar-refractivity contribution is -0.290. The molecule has 0 atom stereocenters. The number of imidazole rings is 1. The summed E-state index contributed by atoms with van der Waals surface area (Å²) in [5.74, 6) is -4.69. The molecule has 0 aliphatic carbocycles. The van der Waals surface area contributed by atoms with Crippen LogP contribution in [-0.4, -0.2) is 37.9 Å². The molecule has 4 heterocycles. The first-order valence-corrected chi connectivity index (χ1v) is 9.79. The molecule has 1 aromatic carbocycles. The number of aromatic nitrogens is 5. The van der Waals surface area contributed by atoms with Gasteiger partial charge in [-0.3, -0.25) is 4.40 Å². The van der Waals surface area contributed by atoms with Gasteiger partial charge in [0.1, 0.15) is 28.4 Å². The second-order valence-corrected chi connectivity index (χ2v) is 7.48. The number of fused-ring (bicyclic) bond motifs is 3. The molecule has 4 aromatic heterocycles. The molecule has 5 aromatic rings. The quantitative estimate of drug-likeness (QED) is 0.316. The zero-order valence-electron chi connectivity index (χ0n) is 17.6. The number of rotatable bonds is 4. The average Bonchev–Trinajstić information content (AvgIpc) is 3.47. The van der Waals surface area contributed by atoms with Gasteiger partial charge < -0.3 is 9.15 Å². The van der Waals surface area contributed by atoms with Crippen molar-refractivity contribution in [2.45, 2.75) is 19.0 Å². The topological polar surface area (TPSA) is 78.3 Å². The first kappa shape index (κ1) is 21.7. The van der Waals surface area contributed by atoms with Gasteiger partial charge in [0.15, 0.2) is 0 Å². The largest absolute Gasteiger partial charge is 0.496 e. The summed E-state index contributed by atoms with van der Waals surface area (Å²) >= 11 is 0. The lowest BCUT2D eigenvalue weighted by Gasteiger charge is -2.21. The highest BCUT2D eigenvalue weighted by Crippen LogP contribution is 2.45. The summed E-state index contributed by atoms with van der Waals surface area (Å²) in [6.07, 6.45) is -3.37. The molecule has 0 saturated carbocycles. The summed E-state index contributed by atoms with van der Waals surface area (Å²) in [7, 11) is 1.44. The number of nitrogens with zero attached hydrogens (tertiary/aromatic N) is 5. The van der Waals surface area contributed by atoms with E-state index in [1.54, 1.807) is 37.3 Å². The van der Waals surface area contributed by atoms with E-state index in [1.165, 1.54) is 17.7 Å². The van der Waals surface area contributed by atoms with Crippen molar-refractivity contribution >= 4 is 16.7 Å². The molecule has 34 heavy (non-hydrogen) atoms. The minimum atomic E-state index is -5.84. The summed E-state index contributed by atoms with van der Waals surface area (Å²) in [5.41, 5.74) is 0.134. The predicted molar refractivity (Wildman–Crippen MR) is 110 cm³/mol. The van der Waals surface area contributed by atoms with Gasteiger partial charge in [0.05, 0.1) is 7.11 Å². The van der Waals surface area contributed by atoms with Crippen molar-refractivity contribution in [3.63, 3.8) is 0 Å². The van der Waals surface area contributed by atoms with Crippen LogP contribution < -0.4 is 4.74 Å². The number of ether oxygens (including phenoxy) is 1. The van der Waals surface area contributed by atoms with Crippen molar-refractivity contribution in [1.82, 2.24) is 24.6 Å². The molecule has 0 aliphatic rings. The van der Waals surface area contributed by atoms with E-state index < -0.39 is 17.8 Å². The predicted octanol–water partition coefficient (Wildman–Crippen LogP) is 5.57. The number of hydrogen-bond donors (Lipinski definition) is 0. The SMILES string of the molecule is COc1cc(-c2cc(C(F)(F)C(F)(F)F)nc3c2ccc2nc(-c4nnco4)cn23)ccc1C. The molecule has 12 heteroatoms. The Labute approximate surface area is 187 Å². The first-order chi connectivity index (χ1) is 16.1. The molecule has 0 unspecified atom stereocenters. The van der Waals surface area contributed by atoms with Crippen molar-refractivity contribution in [3.8, 4) is 28.5 Å². The van der Waals surface area contributed by atoms with Crippen LogP contribution in [-0.2, 0) is 5.92 Å². The lowest BCUT2D eigenvalue weighted by atomic mass is 9.98. The Bertz CT molecular complexity index is 1530. The van der Waals surface area contributed by atoms with E-state index in [1.807, 2.05) is 0 Å². The Morgan fingerprint density at radius 2 is 1.79 bits per heavy atom. The smallest absolute Gasteiger partial charge is 0.459 e. The number of benzene rings is 1. The van der Waals surface area contributed by atoms with E-state index in [0.717, 1.165) is 18.0 Å². The van der Waals surface area contributed by atoms with Gasteiger partial charge in [-0.25, -0.2) is 9.97 Å². The van der Waals surface area contributed by atoms with Gasteiger partial charge in [0.25, 0.3) is 5.89 Å². The maximum Gasteiger partial charge on any atom is 0.459 e. The average molecular weight is 475 g/mol. The van der Waals surface area contributed by atoms with Crippen molar-refractivity contribution in [2.75, 3.05) is 7.11 Å². The maximum absolute atomic E-state index is 14.5. The third kappa shape index (κ3) is 3.33. The fourth-order valence-corrected chi connectivity index (χ4v) is 3.65. The summed E-state index contributed by atoms with van der Waals surface area (Å²) in [5, 5.41) is 7.64. The van der Waals surface area contributed by atoms with Gasteiger partial charge >= 0.3 is 12.1 Å². The highest BCUT2D eigenvalue weighted by Gasteiger charge is 2.60. The summed E-state index contributed by atoms with van der Waals surface area (Å²) in [6.45, 7) is 1.78. The number of hydrogen-bond acceptors (Lipinski definition) is 6. The highest BCUT2D eigenvalue weighted by molar-refractivity contribution is 5.95. The fraction of sp³-hybridized carbons (Fsp3) is 0.182. The van der Waals surface area contributed by atoms with E-state index in [2.05, 4.69) is 20.2 Å². The molecule has 5 rings (SSSR count). The molecule has 0 bridgehead atoms. The lowest BCUT2D eigenvalue weighted by Crippen LogP contribution is -2.34. The van der Waals surface area contributed by atoms with Gasteiger partial charge in [0, 0.05) is 11.6 Å². The van der Waals surface area contributed by atoms with Crippen LogP contribution in [0.15, 0.2) is 53.4 Å². The second kappa shape index (κ2) is 7.47. The van der Waals surface area contributed by atoms with Crippen LogP contribution >= 0.6 is 0 Å². The molecule has 0 fully saturated rings. The zero-order valence-corrected chi connectivity index (χ0v) is 17.6. The Balaban J connectivity index is 1.85. The number of halogens is 5. The van der Waals surface area contributed by atoms with Crippen molar-refractivity contribution in [3.05, 3.63) is 60.2 Å². The molecule has 0 spiro atoms. The van der Waals surface area contributed by atoms with Gasteiger partial charge in [-0.1, -0.05) is 12.1 Å². The molecule has 0 amide bonds. The molecule has 174 valence electrons. The normalized spacial score (nSPS) is 12.6. The standard InChI is InChI=1S/C22H14F5N5O2/c1-11-3-4-12(7-16(11)33-2)14-8-17(21(23,24)22(25,26)27)30-19-13(14)5-6-18-29-15(9-32(18)19)20-31-28-10-34-20/h3-10H,1-2H3. The van der Waals surface area contributed by atoms with E-state index >= 15 is 0 Å². The van der Waals surface area contributed by atoms with E-state index in [0.29, 0.717) is 16.7 Å². The van der Waals surface area contributed by atoms with Crippen LogP contribution in [0.1, 0.15) is 11.3 Å². The third-order valence-electron chi connectivity index (χ3n) is 5.37. The van der Waals surface area contributed by atoms with Crippen LogP contribution in [0.2, 0.25) is 0 Å². The number of alkyl halides is 5. The minimum Gasteiger partial charge on any atom is -0.496 e. The minimum absolute atomic E-state index is 0.0529. The number of aryl methyl sites for hydroxylation is 1. The second-order valence-electron chi connectivity index (χ2n) is 7.48. The van der Waals surface area contributed by atoms with E-state index in [9.17, 15) is 22.0 Å². The number of methoxy groups -OCH3 is 1. The molecule has 7 nitrogen and oxygen atoms in total. The molecule has 0 aliphatic heterocycles. The van der Waals surface area contributed by atoms with E-state index in [-0.39, 0.29) is 28.4 Å². The van der Waals surface area contributed by atoms with Crippen molar-refractivity contribution < 1.29 is 31.1 Å². The van der Waals surface area contributed by atoms with Crippen LogP contribution in [0.3, 0.4) is 0 Å². The third-order valence-corrected chi connectivity index (χ3v) is 5.37. The zero-order chi connectivity index (χ0) is 24.3. The summed E-state index contributed by atoms with van der Waals surface area (Å²) in [6, 6.07) is 8.76. The Hall–Kier alpha value is -4.09. The van der Waals surface area contributed by atoms with Crippen LogP contribution in [0.25, 0.3) is 39.4 Å². The Morgan fingerprint density at radius 3 is 2.47 bits per heavy atom. The van der Waals surface area contributed by atoms with Gasteiger partial charge in [-0.2, -0.15) is 22.0 Å². The first-order valence-electron chi connectivity index (χ1n) is 9.79. The monoisotopic (exact) mass is 475 g/mol. The summed E-state index contributed by atoms with van der Waals surface area (Å²) in [4.78, 5) is 8.02. The fourth-order valence-electron chi connectivity index (χ4n) is 3.65. The van der Waals surface area contributed by atoms with Crippen LogP contribution in [0.4, 0.5) is 22.0 Å². The van der Waals surface area contributed by atoms with Crippen LogP contribution in [0.5, 0.6) is 5.75 Å². The van der Waals surface area contributed by atoms with Crippen molar-refractivity contribution in [1.29, 1.82) is 0 Å². The molecule has 0 N–H and O–H groups in total. The Kier molecular flexibility index (Phi) is 4.78. The molecular formula is C22H14F5N5O2. The van der Waals surface area contributed by atoms with Gasteiger partial charge in [0.2, 0.25) is 6.39 Å².